The first-order valence-corrected chi connectivity index (χ1v) is 7.80. The Balaban J connectivity index is 2.30. The van der Waals surface area contributed by atoms with Crippen LogP contribution < -0.4 is 0 Å². The monoisotopic (exact) mass is 414 g/mol. The lowest BCUT2D eigenvalue weighted by Gasteiger charge is -2.08. The second kappa shape index (κ2) is 6.95. The number of methoxy groups -OCH3 is 1. The molecule has 0 aromatic heterocycles. The smallest absolute Gasteiger partial charge is 0.339 e. The predicted molar refractivity (Wildman–Crippen MR) is 88.0 cm³/mol. The first-order valence-electron chi connectivity index (χ1n) is 5.90. The summed E-state index contributed by atoms with van der Waals surface area (Å²) in [5.41, 5.74) is 0.729. The average molecular weight is 414 g/mol. The lowest BCUT2D eigenvalue weighted by atomic mass is 10.2. The van der Waals surface area contributed by atoms with Gasteiger partial charge in [-0.1, -0.05) is 11.8 Å². The van der Waals surface area contributed by atoms with Gasteiger partial charge in [-0.3, -0.25) is 0 Å². The molecular formula is C15H11IO4S. The SMILES string of the molecule is COC(=O)c1cc(I)ccc1Sc1ccc(C(=O)O)cc1. The summed E-state index contributed by atoms with van der Waals surface area (Å²) in [6, 6.07) is 12.0. The summed E-state index contributed by atoms with van der Waals surface area (Å²) in [6.45, 7) is 0. The number of ether oxygens (including phenoxy) is 1. The van der Waals surface area contributed by atoms with Crippen molar-refractivity contribution < 1.29 is 19.4 Å². The Morgan fingerprint density at radius 2 is 1.81 bits per heavy atom. The largest absolute Gasteiger partial charge is 0.478 e. The third kappa shape index (κ3) is 3.98. The van der Waals surface area contributed by atoms with Crippen LogP contribution in [0.5, 0.6) is 0 Å². The Bertz CT molecular complexity index is 683. The van der Waals surface area contributed by atoms with Crippen LogP contribution in [0.2, 0.25) is 0 Å². The average Bonchev–Trinajstić information content (AvgIpc) is 2.48. The summed E-state index contributed by atoms with van der Waals surface area (Å²) in [5, 5.41) is 8.88. The molecule has 0 saturated heterocycles. The zero-order valence-electron chi connectivity index (χ0n) is 11.0. The van der Waals surface area contributed by atoms with Crippen LogP contribution in [0.15, 0.2) is 52.3 Å². The number of hydrogen-bond acceptors (Lipinski definition) is 4. The minimum absolute atomic E-state index is 0.232. The van der Waals surface area contributed by atoms with Gasteiger partial charge in [0.1, 0.15) is 0 Å². The van der Waals surface area contributed by atoms with Gasteiger partial charge in [-0.25, -0.2) is 9.59 Å². The summed E-state index contributed by atoms with van der Waals surface area (Å²) in [4.78, 5) is 24.2. The number of carboxylic acids is 1. The van der Waals surface area contributed by atoms with E-state index in [1.165, 1.54) is 31.0 Å². The van der Waals surface area contributed by atoms with Crippen molar-refractivity contribution in [2.45, 2.75) is 9.79 Å². The molecule has 0 amide bonds. The van der Waals surface area contributed by atoms with Crippen molar-refractivity contribution in [2.24, 2.45) is 0 Å². The molecule has 4 nitrogen and oxygen atoms in total. The summed E-state index contributed by atoms with van der Waals surface area (Å²) in [7, 11) is 1.35. The molecule has 0 aliphatic heterocycles. The lowest BCUT2D eigenvalue weighted by Crippen LogP contribution is -2.03. The Labute approximate surface area is 139 Å². The van der Waals surface area contributed by atoms with Gasteiger partial charge in [0.05, 0.1) is 18.2 Å². The minimum atomic E-state index is -0.962. The molecule has 0 spiro atoms. The van der Waals surface area contributed by atoms with Crippen molar-refractivity contribution in [3.05, 3.63) is 57.2 Å². The first kappa shape index (κ1) is 15.8. The number of carboxylic acid groups (broad SMARTS) is 1. The van der Waals surface area contributed by atoms with E-state index < -0.39 is 11.9 Å². The van der Waals surface area contributed by atoms with Gasteiger partial charge in [-0.15, -0.1) is 0 Å². The lowest BCUT2D eigenvalue weighted by molar-refractivity contribution is 0.0596. The Morgan fingerprint density at radius 1 is 1.14 bits per heavy atom. The van der Waals surface area contributed by atoms with Crippen LogP contribution in [-0.2, 0) is 4.74 Å². The molecule has 0 heterocycles. The Morgan fingerprint density at radius 3 is 2.38 bits per heavy atom. The molecule has 2 aromatic rings. The number of carbonyl (C=O) groups is 2. The molecule has 0 unspecified atom stereocenters. The van der Waals surface area contributed by atoms with Crippen LogP contribution in [0.1, 0.15) is 20.7 Å². The van der Waals surface area contributed by atoms with E-state index in [1.54, 1.807) is 18.2 Å². The van der Waals surface area contributed by atoms with E-state index in [-0.39, 0.29) is 5.56 Å². The molecule has 0 aliphatic carbocycles. The molecule has 0 fully saturated rings. The topological polar surface area (TPSA) is 63.6 Å². The van der Waals surface area contributed by atoms with Crippen molar-refractivity contribution in [1.82, 2.24) is 0 Å². The van der Waals surface area contributed by atoms with Gasteiger partial charge in [-0.2, -0.15) is 0 Å². The van der Waals surface area contributed by atoms with Crippen LogP contribution in [0.3, 0.4) is 0 Å². The van der Waals surface area contributed by atoms with E-state index in [0.717, 1.165) is 13.4 Å². The third-order valence-electron chi connectivity index (χ3n) is 2.68. The number of rotatable bonds is 4. The standard InChI is InChI=1S/C15H11IO4S/c1-20-15(19)12-8-10(16)4-7-13(12)21-11-5-2-9(3-6-11)14(17)18/h2-8H,1H3,(H,17,18). The molecule has 6 heteroatoms. The molecule has 0 aliphatic rings. The van der Waals surface area contributed by atoms with Gasteiger partial charge in [0, 0.05) is 13.4 Å². The normalized spacial score (nSPS) is 10.2. The van der Waals surface area contributed by atoms with Crippen molar-refractivity contribution in [1.29, 1.82) is 0 Å². The number of halogens is 1. The fourth-order valence-corrected chi connectivity index (χ4v) is 3.06. The van der Waals surface area contributed by atoms with Gasteiger partial charge >= 0.3 is 11.9 Å². The van der Waals surface area contributed by atoms with Crippen LogP contribution >= 0.6 is 34.4 Å². The molecule has 1 N–H and O–H groups in total. The maximum absolute atomic E-state index is 11.8. The first-order chi connectivity index (χ1) is 10.0. The third-order valence-corrected chi connectivity index (χ3v) is 4.43. The highest BCUT2D eigenvalue weighted by atomic mass is 127. The molecular weight excluding hydrogens is 403 g/mol. The molecule has 2 aromatic carbocycles. The van der Waals surface area contributed by atoms with Gasteiger partial charge < -0.3 is 9.84 Å². The van der Waals surface area contributed by atoms with Crippen LogP contribution in [-0.4, -0.2) is 24.2 Å². The summed E-state index contributed by atoms with van der Waals surface area (Å²) in [5.74, 6) is -1.35. The molecule has 0 atom stereocenters. The van der Waals surface area contributed by atoms with Crippen LogP contribution in [0.25, 0.3) is 0 Å². The van der Waals surface area contributed by atoms with Gasteiger partial charge in [0.25, 0.3) is 0 Å². The number of aromatic carboxylic acids is 1. The highest BCUT2D eigenvalue weighted by molar-refractivity contribution is 14.1. The van der Waals surface area contributed by atoms with Crippen LogP contribution in [0.4, 0.5) is 0 Å². The predicted octanol–water partition coefficient (Wildman–Crippen LogP) is 3.93. The summed E-state index contributed by atoms with van der Waals surface area (Å²) in [6.07, 6.45) is 0. The fourth-order valence-electron chi connectivity index (χ4n) is 1.65. The van der Waals surface area contributed by atoms with E-state index in [4.69, 9.17) is 9.84 Å². The Hall–Kier alpha value is -1.54. The van der Waals surface area contributed by atoms with E-state index in [1.807, 2.05) is 12.1 Å². The van der Waals surface area contributed by atoms with Crippen molar-refractivity contribution in [3.63, 3.8) is 0 Å². The molecule has 0 bridgehead atoms. The molecule has 21 heavy (non-hydrogen) atoms. The highest BCUT2D eigenvalue weighted by Gasteiger charge is 2.13. The number of benzene rings is 2. The summed E-state index contributed by atoms with van der Waals surface area (Å²) < 4.78 is 5.73. The summed E-state index contributed by atoms with van der Waals surface area (Å²) >= 11 is 3.52. The molecule has 0 saturated carbocycles. The molecule has 2 rings (SSSR count). The van der Waals surface area contributed by atoms with E-state index >= 15 is 0 Å². The van der Waals surface area contributed by atoms with Crippen molar-refractivity contribution >= 4 is 46.3 Å². The zero-order valence-corrected chi connectivity index (χ0v) is 14.0. The molecule has 108 valence electrons. The molecule has 0 radical (unpaired) electrons. The Kier molecular flexibility index (Phi) is 5.24. The van der Waals surface area contributed by atoms with E-state index in [2.05, 4.69) is 22.6 Å². The maximum Gasteiger partial charge on any atom is 0.339 e. The second-order valence-corrected chi connectivity index (χ2v) is 6.42. The van der Waals surface area contributed by atoms with Gasteiger partial charge in [-0.05, 0) is 65.1 Å². The number of carbonyl (C=O) groups excluding carboxylic acids is 1. The van der Waals surface area contributed by atoms with Crippen molar-refractivity contribution in [2.75, 3.05) is 7.11 Å². The fraction of sp³-hybridized carbons (Fsp3) is 0.0667. The van der Waals surface area contributed by atoms with E-state index in [0.29, 0.717) is 5.56 Å². The van der Waals surface area contributed by atoms with Gasteiger partial charge in [0.15, 0.2) is 0 Å². The quantitative estimate of drug-likeness (QED) is 0.607. The second-order valence-electron chi connectivity index (χ2n) is 4.06. The van der Waals surface area contributed by atoms with E-state index in [9.17, 15) is 9.59 Å². The minimum Gasteiger partial charge on any atom is -0.478 e. The number of hydrogen-bond donors (Lipinski definition) is 1. The number of esters is 1. The highest BCUT2D eigenvalue weighted by Crippen LogP contribution is 2.32. The van der Waals surface area contributed by atoms with Crippen molar-refractivity contribution in [3.8, 4) is 0 Å². The van der Waals surface area contributed by atoms with Gasteiger partial charge in [0.2, 0.25) is 0 Å². The maximum atomic E-state index is 11.8. The zero-order chi connectivity index (χ0) is 15.4. The van der Waals surface area contributed by atoms with Crippen LogP contribution in [0, 0.1) is 3.57 Å².